The van der Waals surface area contributed by atoms with Crippen molar-refractivity contribution in [3.8, 4) is 5.75 Å². The van der Waals surface area contributed by atoms with Crippen molar-refractivity contribution in [2.75, 3.05) is 28.3 Å². The highest BCUT2D eigenvalue weighted by Crippen LogP contribution is 2.22. The molecule has 1 saturated carbocycles. The number of carbonyl (C=O) groups excluding carboxylic acids is 3. The van der Waals surface area contributed by atoms with Crippen molar-refractivity contribution in [3.05, 3.63) is 54.3 Å². The third-order valence-corrected chi connectivity index (χ3v) is 7.00. The number of hydrogen-bond donors (Lipinski definition) is 2. The largest absolute Gasteiger partial charge is 0.494 e. The number of carbonyl (C=O) groups is 3. The first-order valence-corrected chi connectivity index (χ1v) is 13.5. The van der Waals surface area contributed by atoms with Crippen molar-refractivity contribution in [2.24, 2.45) is 0 Å². The van der Waals surface area contributed by atoms with Gasteiger partial charge < -0.3 is 15.4 Å². The Labute approximate surface area is 213 Å². The molecular weight excluding hydrogens is 485 g/mol. The standard InChI is InChI=1S/C26H32FN3O5S/c1-3-35-23-13-11-21(12-14-23)28-24(31)16-36(34)17-25(32)30(22-10-6-7-19(27)15-22)18(2)26(33)29-20-8-4-5-9-20/h6-7,10-15,18,20H,3-5,8-9,16-17H2,1-2H3,(H,28,31)(H,29,33). The molecule has 36 heavy (non-hydrogen) atoms. The predicted octanol–water partition coefficient (Wildman–Crippen LogP) is 3.39. The molecule has 2 atom stereocenters. The molecule has 2 N–H and O–H groups in total. The van der Waals surface area contributed by atoms with E-state index in [1.807, 2.05) is 6.92 Å². The maximum Gasteiger partial charge on any atom is 0.243 e. The molecule has 8 nitrogen and oxygen atoms in total. The van der Waals surface area contributed by atoms with Crippen LogP contribution in [-0.4, -0.2) is 52.1 Å². The van der Waals surface area contributed by atoms with Gasteiger partial charge in [-0.1, -0.05) is 18.9 Å². The third kappa shape index (κ3) is 7.87. The van der Waals surface area contributed by atoms with Gasteiger partial charge in [0.2, 0.25) is 17.7 Å². The Kier molecular flexibility index (Phi) is 9.98. The van der Waals surface area contributed by atoms with Crippen molar-refractivity contribution < 1.29 is 27.7 Å². The summed E-state index contributed by atoms with van der Waals surface area (Å²) >= 11 is 0. The van der Waals surface area contributed by atoms with E-state index < -0.39 is 46.0 Å². The molecule has 0 spiro atoms. The summed E-state index contributed by atoms with van der Waals surface area (Å²) in [6, 6.07) is 11.2. The minimum absolute atomic E-state index is 0.0461. The topological polar surface area (TPSA) is 105 Å². The molecule has 2 aromatic rings. The van der Waals surface area contributed by atoms with Gasteiger partial charge in [0.05, 0.1) is 6.61 Å². The van der Waals surface area contributed by atoms with Gasteiger partial charge in [-0.2, -0.15) is 0 Å². The van der Waals surface area contributed by atoms with Gasteiger partial charge in [-0.05, 0) is 69.2 Å². The van der Waals surface area contributed by atoms with Crippen LogP contribution in [0, 0.1) is 5.82 Å². The predicted molar refractivity (Wildman–Crippen MR) is 138 cm³/mol. The molecule has 1 aliphatic rings. The summed E-state index contributed by atoms with van der Waals surface area (Å²) in [6.45, 7) is 3.94. The van der Waals surface area contributed by atoms with Crippen LogP contribution in [0.4, 0.5) is 15.8 Å². The molecule has 0 bridgehead atoms. The summed E-state index contributed by atoms with van der Waals surface area (Å²) in [7, 11) is -1.85. The van der Waals surface area contributed by atoms with E-state index in [-0.39, 0.29) is 17.6 Å². The van der Waals surface area contributed by atoms with Gasteiger partial charge in [-0.15, -0.1) is 0 Å². The van der Waals surface area contributed by atoms with Crippen LogP contribution in [0.5, 0.6) is 5.75 Å². The second-order valence-electron chi connectivity index (χ2n) is 8.64. The lowest BCUT2D eigenvalue weighted by Crippen LogP contribution is -2.51. The number of amides is 3. The number of benzene rings is 2. The van der Waals surface area contributed by atoms with Crippen LogP contribution in [0.15, 0.2) is 48.5 Å². The highest BCUT2D eigenvalue weighted by atomic mass is 32.2. The number of anilines is 2. The second kappa shape index (κ2) is 13.2. The molecule has 0 aromatic heterocycles. The Balaban J connectivity index is 1.64. The molecule has 194 valence electrons. The summed E-state index contributed by atoms with van der Waals surface area (Å²) in [5.41, 5.74) is 0.690. The van der Waals surface area contributed by atoms with E-state index in [1.165, 1.54) is 18.2 Å². The Morgan fingerprint density at radius 2 is 1.81 bits per heavy atom. The Morgan fingerprint density at radius 1 is 1.11 bits per heavy atom. The quantitative estimate of drug-likeness (QED) is 0.476. The molecule has 3 amide bonds. The van der Waals surface area contributed by atoms with Gasteiger partial charge in [0.25, 0.3) is 0 Å². The molecule has 0 radical (unpaired) electrons. The zero-order valence-corrected chi connectivity index (χ0v) is 21.3. The zero-order chi connectivity index (χ0) is 26.1. The Hall–Kier alpha value is -3.27. The smallest absolute Gasteiger partial charge is 0.243 e. The lowest BCUT2D eigenvalue weighted by Gasteiger charge is -2.29. The van der Waals surface area contributed by atoms with E-state index in [1.54, 1.807) is 31.2 Å². The first-order valence-electron chi connectivity index (χ1n) is 12.0. The molecule has 2 aromatic carbocycles. The number of nitrogens with one attached hydrogen (secondary N) is 2. The van der Waals surface area contributed by atoms with Crippen LogP contribution in [-0.2, 0) is 25.2 Å². The average molecular weight is 518 g/mol. The van der Waals surface area contributed by atoms with E-state index in [2.05, 4.69) is 10.6 Å². The zero-order valence-electron chi connectivity index (χ0n) is 20.5. The fourth-order valence-electron chi connectivity index (χ4n) is 4.12. The lowest BCUT2D eigenvalue weighted by molar-refractivity contribution is -0.125. The highest BCUT2D eigenvalue weighted by Gasteiger charge is 2.30. The van der Waals surface area contributed by atoms with Gasteiger partial charge in [0, 0.05) is 28.2 Å². The van der Waals surface area contributed by atoms with Crippen molar-refractivity contribution in [1.82, 2.24) is 5.32 Å². The summed E-state index contributed by atoms with van der Waals surface area (Å²) in [6.07, 6.45) is 3.81. The van der Waals surface area contributed by atoms with Gasteiger partial charge in [0.15, 0.2) is 0 Å². The van der Waals surface area contributed by atoms with Gasteiger partial charge in [-0.25, -0.2) is 4.39 Å². The summed E-state index contributed by atoms with van der Waals surface area (Å²) < 4.78 is 32.0. The van der Waals surface area contributed by atoms with Crippen LogP contribution in [0.2, 0.25) is 0 Å². The van der Waals surface area contributed by atoms with Gasteiger partial charge >= 0.3 is 0 Å². The van der Waals surface area contributed by atoms with Crippen molar-refractivity contribution in [2.45, 2.75) is 51.6 Å². The highest BCUT2D eigenvalue weighted by molar-refractivity contribution is 7.86. The lowest BCUT2D eigenvalue weighted by atomic mass is 10.1. The Bertz CT molecular complexity index is 1090. The first kappa shape index (κ1) is 27.3. The van der Waals surface area contributed by atoms with Gasteiger partial charge in [-0.3, -0.25) is 23.5 Å². The van der Waals surface area contributed by atoms with E-state index in [4.69, 9.17) is 4.74 Å². The number of nitrogens with zero attached hydrogens (tertiary/aromatic N) is 1. The molecule has 10 heteroatoms. The fraction of sp³-hybridized carbons (Fsp3) is 0.423. The van der Waals surface area contributed by atoms with Crippen molar-refractivity contribution >= 4 is 39.9 Å². The summed E-state index contributed by atoms with van der Waals surface area (Å²) in [4.78, 5) is 39.6. The van der Waals surface area contributed by atoms with Crippen LogP contribution in [0.25, 0.3) is 0 Å². The third-order valence-electron chi connectivity index (χ3n) is 5.85. The fourth-order valence-corrected chi connectivity index (χ4v) is 5.00. The number of ether oxygens (including phenoxy) is 1. The first-order chi connectivity index (χ1) is 17.3. The molecule has 1 fully saturated rings. The molecule has 0 saturated heterocycles. The van der Waals surface area contributed by atoms with E-state index in [9.17, 15) is 23.0 Å². The number of rotatable bonds is 11. The molecule has 3 rings (SSSR count). The van der Waals surface area contributed by atoms with Crippen LogP contribution in [0.1, 0.15) is 39.5 Å². The number of halogens is 1. The van der Waals surface area contributed by atoms with E-state index >= 15 is 0 Å². The molecule has 0 heterocycles. The summed E-state index contributed by atoms with van der Waals surface area (Å²) in [5.74, 6) is -2.32. The van der Waals surface area contributed by atoms with Crippen molar-refractivity contribution in [3.63, 3.8) is 0 Å². The van der Waals surface area contributed by atoms with Crippen LogP contribution < -0.4 is 20.3 Å². The molecule has 0 aliphatic heterocycles. The van der Waals surface area contributed by atoms with Gasteiger partial charge in [0.1, 0.15) is 29.1 Å². The van der Waals surface area contributed by atoms with E-state index in [0.29, 0.717) is 18.0 Å². The molecule has 1 aliphatic carbocycles. The normalized spacial score (nSPS) is 15.1. The van der Waals surface area contributed by atoms with E-state index in [0.717, 1.165) is 36.6 Å². The molecule has 2 unspecified atom stereocenters. The maximum absolute atomic E-state index is 13.9. The minimum atomic E-state index is -1.85. The van der Waals surface area contributed by atoms with Crippen LogP contribution >= 0.6 is 0 Å². The summed E-state index contributed by atoms with van der Waals surface area (Å²) in [5, 5.41) is 5.59. The van der Waals surface area contributed by atoms with Crippen LogP contribution in [0.3, 0.4) is 0 Å². The van der Waals surface area contributed by atoms with Crippen molar-refractivity contribution in [1.29, 1.82) is 0 Å². The number of hydrogen-bond acceptors (Lipinski definition) is 5. The minimum Gasteiger partial charge on any atom is -0.494 e. The SMILES string of the molecule is CCOc1ccc(NC(=O)CS(=O)CC(=O)N(c2cccc(F)c2)C(C)C(=O)NC2CCCC2)cc1. The maximum atomic E-state index is 13.9. The molecular formula is C26H32FN3O5S. The monoisotopic (exact) mass is 517 g/mol. The Morgan fingerprint density at radius 3 is 2.44 bits per heavy atom. The average Bonchev–Trinajstić information content (AvgIpc) is 3.33. The second-order valence-corrected chi connectivity index (χ2v) is 10.1.